The number of ketones is 1. The monoisotopic (exact) mass is 344 g/mol. The summed E-state index contributed by atoms with van der Waals surface area (Å²) in [5.41, 5.74) is 2.54. The molecule has 0 aliphatic rings. The highest BCUT2D eigenvalue weighted by Crippen LogP contribution is 2.26. The number of aromatic nitrogens is 2. The molecule has 20 heavy (non-hydrogen) atoms. The van der Waals surface area contributed by atoms with Gasteiger partial charge in [-0.3, -0.25) is 4.79 Å². The van der Waals surface area contributed by atoms with Crippen LogP contribution in [0.3, 0.4) is 0 Å². The van der Waals surface area contributed by atoms with Crippen LogP contribution in [0.2, 0.25) is 0 Å². The van der Waals surface area contributed by atoms with Gasteiger partial charge < -0.3 is 0 Å². The molecule has 0 amide bonds. The lowest BCUT2D eigenvalue weighted by molar-refractivity contribution is 0.103. The molecule has 3 aromatic rings. The Morgan fingerprint density at radius 2 is 1.80 bits per heavy atom. The summed E-state index contributed by atoms with van der Waals surface area (Å²) >= 11 is 4.48. The number of benzene rings is 2. The highest BCUT2D eigenvalue weighted by Gasteiger charge is 2.19. The topological polar surface area (TPSA) is 42.9 Å². The predicted octanol–water partition coefficient (Wildman–Crippen LogP) is 4.20. The highest BCUT2D eigenvalue weighted by atomic mass is 79.9. The lowest BCUT2D eigenvalue weighted by Gasteiger charge is -2.01. The molecule has 0 aliphatic heterocycles. The molecular weight excluding hydrogens is 336 g/mol. The van der Waals surface area contributed by atoms with E-state index in [-0.39, 0.29) is 5.78 Å². The number of rotatable bonds is 3. The van der Waals surface area contributed by atoms with Gasteiger partial charge in [0.25, 0.3) is 0 Å². The Kier molecular flexibility index (Phi) is 3.71. The molecular formula is C15H9BrN2OS. The Morgan fingerprint density at radius 3 is 2.55 bits per heavy atom. The van der Waals surface area contributed by atoms with Gasteiger partial charge in [0.2, 0.25) is 5.78 Å². The first-order valence-electron chi connectivity index (χ1n) is 5.94. The largest absolute Gasteiger partial charge is 0.287 e. The van der Waals surface area contributed by atoms with Crippen molar-refractivity contribution in [1.29, 1.82) is 0 Å². The van der Waals surface area contributed by atoms with Crippen LogP contribution in [-0.4, -0.2) is 14.5 Å². The van der Waals surface area contributed by atoms with E-state index in [9.17, 15) is 4.79 Å². The molecule has 0 N–H and O–H groups in total. The van der Waals surface area contributed by atoms with E-state index < -0.39 is 0 Å². The van der Waals surface area contributed by atoms with Gasteiger partial charge >= 0.3 is 0 Å². The summed E-state index contributed by atoms with van der Waals surface area (Å²) in [5.74, 6) is -0.102. The first kappa shape index (κ1) is 13.1. The van der Waals surface area contributed by atoms with Gasteiger partial charge in [-0.1, -0.05) is 58.4 Å². The quantitative estimate of drug-likeness (QED) is 0.668. The maximum absolute atomic E-state index is 12.5. The van der Waals surface area contributed by atoms with Crippen LogP contribution in [0.25, 0.3) is 11.3 Å². The molecule has 1 aromatic heterocycles. The number of hydrogen-bond donors (Lipinski definition) is 0. The van der Waals surface area contributed by atoms with Crippen LogP contribution < -0.4 is 0 Å². The van der Waals surface area contributed by atoms with E-state index in [1.54, 1.807) is 12.1 Å². The standard InChI is InChI=1S/C15H9BrN2OS/c16-12-8-4-7-11(9-12)13-14(18-20-17-13)15(19)10-5-2-1-3-6-10/h1-9H. The molecule has 1 heterocycles. The highest BCUT2D eigenvalue weighted by molar-refractivity contribution is 9.10. The second-order valence-electron chi connectivity index (χ2n) is 4.17. The lowest BCUT2D eigenvalue weighted by atomic mass is 10.0. The minimum absolute atomic E-state index is 0.102. The van der Waals surface area contributed by atoms with Gasteiger partial charge in [0, 0.05) is 15.6 Å². The van der Waals surface area contributed by atoms with Crippen LogP contribution in [0.15, 0.2) is 59.1 Å². The van der Waals surface area contributed by atoms with Gasteiger partial charge in [0.15, 0.2) is 5.69 Å². The number of halogens is 1. The zero-order valence-corrected chi connectivity index (χ0v) is 12.7. The lowest BCUT2D eigenvalue weighted by Crippen LogP contribution is -2.03. The van der Waals surface area contributed by atoms with Gasteiger partial charge in [-0.15, -0.1) is 0 Å². The molecule has 98 valence electrons. The zero-order valence-electron chi connectivity index (χ0n) is 10.3. The summed E-state index contributed by atoms with van der Waals surface area (Å²) in [7, 11) is 0. The molecule has 0 atom stereocenters. The summed E-state index contributed by atoms with van der Waals surface area (Å²) < 4.78 is 9.37. The molecule has 0 spiro atoms. The molecule has 0 bridgehead atoms. The van der Waals surface area contributed by atoms with E-state index >= 15 is 0 Å². The van der Waals surface area contributed by atoms with Crippen LogP contribution in [0.5, 0.6) is 0 Å². The summed E-state index contributed by atoms with van der Waals surface area (Å²) in [6.07, 6.45) is 0. The Labute approximate surface area is 128 Å². The number of hydrogen-bond acceptors (Lipinski definition) is 4. The Hall–Kier alpha value is -1.85. The van der Waals surface area contributed by atoms with Crippen molar-refractivity contribution in [2.45, 2.75) is 0 Å². The SMILES string of the molecule is O=C(c1ccccc1)c1nsnc1-c1cccc(Br)c1. The third-order valence-corrected chi connectivity index (χ3v) is 3.86. The fraction of sp³-hybridized carbons (Fsp3) is 0. The van der Waals surface area contributed by atoms with Crippen molar-refractivity contribution >= 4 is 33.4 Å². The van der Waals surface area contributed by atoms with Crippen LogP contribution in [0, 0.1) is 0 Å². The van der Waals surface area contributed by atoms with E-state index in [1.807, 2.05) is 42.5 Å². The average molecular weight is 345 g/mol. The Balaban J connectivity index is 2.05. The maximum atomic E-state index is 12.5. The first-order valence-corrected chi connectivity index (χ1v) is 7.46. The molecule has 0 unspecified atom stereocenters. The van der Waals surface area contributed by atoms with Crippen molar-refractivity contribution < 1.29 is 4.79 Å². The second kappa shape index (κ2) is 5.64. The zero-order chi connectivity index (χ0) is 13.9. The van der Waals surface area contributed by atoms with E-state index in [4.69, 9.17) is 0 Å². The summed E-state index contributed by atoms with van der Waals surface area (Å²) in [6, 6.07) is 16.8. The van der Waals surface area contributed by atoms with E-state index in [0.717, 1.165) is 21.8 Å². The summed E-state index contributed by atoms with van der Waals surface area (Å²) in [5, 5.41) is 0. The normalized spacial score (nSPS) is 10.4. The molecule has 0 radical (unpaired) electrons. The average Bonchev–Trinajstić information content (AvgIpc) is 2.97. The van der Waals surface area contributed by atoms with Gasteiger partial charge in [0.05, 0.1) is 11.7 Å². The van der Waals surface area contributed by atoms with Crippen molar-refractivity contribution in [3.05, 3.63) is 70.3 Å². The van der Waals surface area contributed by atoms with Crippen molar-refractivity contribution in [2.24, 2.45) is 0 Å². The summed E-state index contributed by atoms with van der Waals surface area (Å²) in [4.78, 5) is 12.5. The van der Waals surface area contributed by atoms with E-state index in [0.29, 0.717) is 17.0 Å². The van der Waals surface area contributed by atoms with E-state index in [2.05, 4.69) is 24.7 Å². The second-order valence-corrected chi connectivity index (χ2v) is 5.61. The maximum Gasteiger partial charge on any atom is 0.214 e. The van der Waals surface area contributed by atoms with Crippen LogP contribution in [-0.2, 0) is 0 Å². The van der Waals surface area contributed by atoms with Gasteiger partial charge in [-0.25, -0.2) is 0 Å². The fourth-order valence-electron chi connectivity index (χ4n) is 1.89. The summed E-state index contributed by atoms with van der Waals surface area (Å²) in [6.45, 7) is 0. The van der Waals surface area contributed by atoms with Crippen LogP contribution >= 0.6 is 27.7 Å². The van der Waals surface area contributed by atoms with E-state index in [1.165, 1.54) is 0 Å². The van der Waals surface area contributed by atoms with Crippen molar-refractivity contribution in [2.75, 3.05) is 0 Å². The predicted molar refractivity (Wildman–Crippen MR) is 82.9 cm³/mol. The number of nitrogens with zero attached hydrogens (tertiary/aromatic N) is 2. The molecule has 0 saturated heterocycles. The molecule has 0 aliphatic carbocycles. The molecule has 2 aromatic carbocycles. The fourth-order valence-corrected chi connectivity index (χ4v) is 2.85. The minimum atomic E-state index is -0.102. The van der Waals surface area contributed by atoms with Crippen molar-refractivity contribution in [1.82, 2.24) is 8.75 Å². The Morgan fingerprint density at radius 1 is 1.00 bits per heavy atom. The van der Waals surface area contributed by atoms with Gasteiger partial charge in [0.1, 0.15) is 5.69 Å². The third-order valence-electron chi connectivity index (χ3n) is 2.84. The van der Waals surface area contributed by atoms with Crippen molar-refractivity contribution in [3.63, 3.8) is 0 Å². The molecule has 3 rings (SSSR count). The van der Waals surface area contributed by atoms with Gasteiger partial charge in [-0.05, 0) is 12.1 Å². The smallest absolute Gasteiger partial charge is 0.214 e. The molecule has 0 saturated carbocycles. The molecule has 5 heteroatoms. The molecule has 3 nitrogen and oxygen atoms in total. The third kappa shape index (κ3) is 2.55. The molecule has 0 fully saturated rings. The van der Waals surface area contributed by atoms with Crippen LogP contribution in [0.1, 0.15) is 16.1 Å². The Bertz CT molecular complexity index is 755. The van der Waals surface area contributed by atoms with Gasteiger partial charge in [-0.2, -0.15) is 8.75 Å². The minimum Gasteiger partial charge on any atom is -0.287 e. The van der Waals surface area contributed by atoms with Crippen LogP contribution in [0.4, 0.5) is 0 Å². The van der Waals surface area contributed by atoms with Crippen molar-refractivity contribution in [3.8, 4) is 11.3 Å². The number of carbonyl (C=O) groups is 1. The number of carbonyl (C=O) groups excluding carboxylic acids is 1. The first-order chi connectivity index (χ1) is 9.75.